The van der Waals surface area contributed by atoms with Gasteiger partial charge in [-0.1, -0.05) is 13.0 Å². The van der Waals surface area contributed by atoms with Crippen LogP contribution in [0.4, 0.5) is 4.39 Å². The highest BCUT2D eigenvalue weighted by Crippen LogP contribution is 2.30. The zero-order valence-corrected chi connectivity index (χ0v) is 20.2. The molecule has 0 spiro atoms. The highest BCUT2D eigenvalue weighted by Gasteiger charge is 2.23. The first-order valence-corrected chi connectivity index (χ1v) is 10.8. The number of aliphatic imine (C=N–C) groups is 1. The van der Waals surface area contributed by atoms with E-state index in [1.807, 2.05) is 13.0 Å². The lowest BCUT2D eigenvalue weighted by Gasteiger charge is -2.19. The summed E-state index contributed by atoms with van der Waals surface area (Å²) in [6.07, 6.45) is 3.61. The Morgan fingerprint density at radius 2 is 2.07 bits per heavy atom. The van der Waals surface area contributed by atoms with Crippen LogP contribution in [0.25, 0.3) is 0 Å². The molecular weight excluding hydrogens is 482 g/mol. The summed E-state index contributed by atoms with van der Waals surface area (Å²) in [4.78, 5) is 7.25. The Morgan fingerprint density at radius 1 is 1.28 bits per heavy atom. The fourth-order valence-electron chi connectivity index (χ4n) is 3.57. The number of guanidine groups is 1. The van der Waals surface area contributed by atoms with Crippen LogP contribution in [-0.2, 0) is 0 Å². The van der Waals surface area contributed by atoms with Gasteiger partial charge in [-0.05, 0) is 75.7 Å². The average Bonchev–Trinajstić information content (AvgIpc) is 3.41. The van der Waals surface area contributed by atoms with Crippen LogP contribution in [0.15, 0.2) is 23.2 Å². The maximum Gasteiger partial charge on any atom is 0.191 e. The summed E-state index contributed by atoms with van der Waals surface area (Å²) >= 11 is 0. The van der Waals surface area contributed by atoms with Gasteiger partial charge in [0.05, 0.1) is 12.6 Å². The molecule has 1 aliphatic carbocycles. The van der Waals surface area contributed by atoms with E-state index in [0.29, 0.717) is 24.2 Å². The predicted octanol–water partition coefficient (Wildman–Crippen LogP) is 4.19. The molecule has 1 aromatic carbocycles. The summed E-state index contributed by atoms with van der Waals surface area (Å²) in [6, 6.07) is 5.20. The largest absolute Gasteiger partial charge is 0.490 e. The van der Waals surface area contributed by atoms with E-state index in [0.717, 1.165) is 37.7 Å². The Hall–Kier alpha value is -1.09. The number of nitrogens with zero attached hydrogens (tertiary/aromatic N) is 2. The Bertz CT molecular complexity index is 668. The van der Waals surface area contributed by atoms with Gasteiger partial charge in [-0.15, -0.1) is 24.0 Å². The molecule has 2 aliphatic rings. The van der Waals surface area contributed by atoms with E-state index >= 15 is 0 Å². The van der Waals surface area contributed by atoms with Crippen LogP contribution < -0.4 is 15.4 Å². The molecule has 29 heavy (non-hydrogen) atoms. The molecule has 1 saturated heterocycles. The number of benzene rings is 1. The smallest absolute Gasteiger partial charge is 0.191 e. The van der Waals surface area contributed by atoms with Gasteiger partial charge in [0.2, 0.25) is 0 Å². The molecule has 164 valence electrons. The molecule has 0 radical (unpaired) electrons. The van der Waals surface area contributed by atoms with Crippen LogP contribution in [0.2, 0.25) is 0 Å². The van der Waals surface area contributed by atoms with Gasteiger partial charge >= 0.3 is 0 Å². The fourth-order valence-corrected chi connectivity index (χ4v) is 3.57. The number of rotatable bonds is 9. The van der Waals surface area contributed by atoms with Gasteiger partial charge in [0.25, 0.3) is 0 Å². The van der Waals surface area contributed by atoms with E-state index < -0.39 is 0 Å². The molecule has 0 amide bonds. The molecule has 0 aromatic heterocycles. The molecule has 1 heterocycles. The van der Waals surface area contributed by atoms with E-state index in [2.05, 4.69) is 29.4 Å². The van der Waals surface area contributed by atoms with Crippen molar-refractivity contribution in [1.82, 2.24) is 15.5 Å². The number of halogens is 2. The van der Waals surface area contributed by atoms with Crippen molar-refractivity contribution >= 4 is 29.9 Å². The van der Waals surface area contributed by atoms with Crippen molar-refractivity contribution in [1.29, 1.82) is 0 Å². The zero-order valence-electron chi connectivity index (χ0n) is 17.9. The van der Waals surface area contributed by atoms with Crippen LogP contribution >= 0.6 is 24.0 Å². The van der Waals surface area contributed by atoms with Gasteiger partial charge in [0.15, 0.2) is 17.5 Å². The molecule has 2 N–H and O–H groups in total. The lowest BCUT2D eigenvalue weighted by Crippen LogP contribution is -2.39. The Morgan fingerprint density at radius 3 is 2.69 bits per heavy atom. The molecule has 2 unspecified atom stereocenters. The van der Waals surface area contributed by atoms with Crippen molar-refractivity contribution in [2.75, 3.05) is 39.3 Å². The first kappa shape index (κ1) is 24.2. The highest BCUT2D eigenvalue weighted by molar-refractivity contribution is 14.0. The lowest BCUT2D eigenvalue weighted by molar-refractivity contribution is 0.285. The SMILES string of the molecule is CCNC(=NCC1CCN(CC)C1)NC(C)c1ccc(OCC2CC2)c(F)c1.I. The first-order chi connectivity index (χ1) is 13.6. The van der Waals surface area contributed by atoms with Crippen molar-refractivity contribution in [3.8, 4) is 5.75 Å². The van der Waals surface area contributed by atoms with Crippen LogP contribution in [0.1, 0.15) is 51.6 Å². The van der Waals surface area contributed by atoms with E-state index in [1.165, 1.54) is 25.8 Å². The van der Waals surface area contributed by atoms with Crippen molar-refractivity contribution < 1.29 is 9.13 Å². The molecular formula is C22H36FIN4O. The Labute approximate surface area is 191 Å². The van der Waals surface area contributed by atoms with Crippen LogP contribution in [0.5, 0.6) is 5.75 Å². The number of likely N-dealkylation sites (tertiary alicyclic amines) is 1. The van der Waals surface area contributed by atoms with Crippen LogP contribution in [-0.4, -0.2) is 50.2 Å². The van der Waals surface area contributed by atoms with Gasteiger partial charge in [-0.25, -0.2) is 4.39 Å². The normalized spacial score (nSPS) is 20.8. The summed E-state index contributed by atoms with van der Waals surface area (Å²) in [5.74, 6) is 2.08. The summed E-state index contributed by atoms with van der Waals surface area (Å²) < 4.78 is 20.0. The van der Waals surface area contributed by atoms with Crippen molar-refractivity contribution in [3.05, 3.63) is 29.6 Å². The second-order valence-corrected chi connectivity index (χ2v) is 8.08. The van der Waals surface area contributed by atoms with Gasteiger partial charge in [-0.2, -0.15) is 0 Å². The summed E-state index contributed by atoms with van der Waals surface area (Å²) in [6.45, 7) is 11.9. The Kier molecular flexibility index (Phi) is 9.95. The van der Waals surface area contributed by atoms with Crippen molar-refractivity contribution in [3.63, 3.8) is 0 Å². The minimum absolute atomic E-state index is 0. The van der Waals surface area contributed by atoms with Crippen molar-refractivity contribution in [2.24, 2.45) is 16.8 Å². The fraction of sp³-hybridized carbons (Fsp3) is 0.682. The number of nitrogens with one attached hydrogen (secondary N) is 2. The van der Waals surface area contributed by atoms with E-state index in [4.69, 9.17) is 9.73 Å². The second kappa shape index (κ2) is 11.9. The molecule has 2 atom stereocenters. The topological polar surface area (TPSA) is 48.9 Å². The quantitative estimate of drug-likeness (QED) is 0.293. The molecule has 2 fully saturated rings. The third-order valence-electron chi connectivity index (χ3n) is 5.65. The number of hydrogen-bond donors (Lipinski definition) is 2. The summed E-state index contributed by atoms with van der Waals surface area (Å²) in [7, 11) is 0. The van der Waals surface area contributed by atoms with Gasteiger partial charge in [0.1, 0.15) is 0 Å². The standard InChI is InChI=1S/C22H35FN4O.HI/c1-4-24-22(25-13-18-10-11-27(5-2)14-18)26-16(3)19-8-9-21(20(23)12-19)28-15-17-6-7-17;/h8-9,12,16-18H,4-7,10-11,13-15H2,1-3H3,(H2,24,25,26);1H. The zero-order chi connectivity index (χ0) is 19.9. The summed E-state index contributed by atoms with van der Waals surface area (Å²) in [5, 5.41) is 6.71. The van der Waals surface area contributed by atoms with Gasteiger partial charge < -0.3 is 20.3 Å². The molecule has 5 nitrogen and oxygen atoms in total. The van der Waals surface area contributed by atoms with E-state index in [-0.39, 0.29) is 35.8 Å². The average molecular weight is 518 g/mol. The third kappa shape index (κ3) is 7.59. The monoisotopic (exact) mass is 518 g/mol. The third-order valence-corrected chi connectivity index (χ3v) is 5.65. The second-order valence-electron chi connectivity index (χ2n) is 8.08. The minimum atomic E-state index is -0.292. The van der Waals surface area contributed by atoms with Gasteiger partial charge in [-0.3, -0.25) is 4.99 Å². The molecule has 7 heteroatoms. The molecule has 3 rings (SSSR count). The van der Waals surface area contributed by atoms with E-state index in [1.54, 1.807) is 12.1 Å². The first-order valence-electron chi connectivity index (χ1n) is 10.8. The Balaban J connectivity index is 0.00000300. The highest BCUT2D eigenvalue weighted by atomic mass is 127. The van der Waals surface area contributed by atoms with Crippen molar-refractivity contribution in [2.45, 2.75) is 46.1 Å². The molecule has 1 saturated carbocycles. The predicted molar refractivity (Wildman–Crippen MR) is 128 cm³/mol. The maximum atomic E-state index is 14.4. The molecule has 1 aromatic rings. The van der Waals surface area contributed by atoms with E-state index in [9.17, 15) is 4.39 Å². The maximum absolute atomic E-state index is 14.4. The van der Waals surface area contributed by atoms with Crippen LogP contribution in [0.3, 0.4) is 0 Å². The lowest BCUT2D eigenvalue weighted by atomic mass is 10.1. The number of hydrogen-bond acceptors (Lipinski definition) is 3. The number of ether oxygens (including phenoxy) is 1. The minimum Gasteiger partial charge on any atom is -0.490 e. The molecule has 0 bridgehead atoms. The van der Waals surface area contributed by atoms with Crippen LogP contribution in [0, 0.1) is 17.7 Å². The van der Waals surface area contributed by atoms with Gasteiger partial charge in [0, 0.05) is 19.6 Å². The summed E-state index contributed by atoms with van der Waals surface area (Å²) in [5.41, 5.74) is 0.889. The molecule has 1 aliphatic heterocycles.